The van der Waals surface area contributed by atoms with Gasteiger partial charge in [0.25, 0.3) is 0 Å². The molecule has 18 heavy (non-hydrogen) atoms. The molecule has 2 rings (SSSR count). The molecule has 2 N–H and O–H groups in total. The molecule has 3 atom stereocenters. The quantitative estimate of drug-likeness (QED) is 0.554. The van der Waals surface area contributed by atoms with Crippen molar-refractivity contribution < 1.29 is 9.53 Å². The van der Waals surface area contributed by atoms with E-state index in [1.54, 1.807) is 6.08 Å². The third kappa shape index (κ3) is 3.56. The minimum Gasteiger partial charge on any atom is -0.368 e. The fourth-order valence-corrected chi connectivity index (χ4v) is 2.90. The summed E-state index contributed by atoms with van der Waals surface area (Å²) in [5, 5.41) is 6.69. The summed E-state index contributed by atoms with van der Waals surface area (Å²) in [6.07, 6.45) is 6.84. The molecule has 0 spiro atoms. The van der Waals surface area contributed by atoms with Crippen LogP contribution >= 0.6 is 0 Å². The summed E-state index contributed by atoms with van der Waals surface area (Å²) in [7, 11) is 0. The van der Waals surface area contributed by atoms with Crippen LogP contribution in [0.25, 0.3) is 0 Å². The number of piperidine rings is 1. The Morgan fingerprint density at radius 3 is 2.78 bits per heavy atom. The number of carbonyl (C=O) groups excluding carboxylic acids is 1. The minimum absolute atomic E-state index is 0.0189. The lowest BCUT2D eigenvalue weighted by atomic mass is 9.99. The second-order valence-corrected chi connectivity index (χ2v) is 5.41. The molecule has 2 bridgehead atoms. The average Bonchev–Trinajstić information content (AvgIpc) is 2.69. The third-order valence-corrected chi connectivity index (χ3v) is 3.88. The highest BCUT2D eigenvalue weighted by atomic mass is 16.5. The van der Waals surface area contributed by atoms with Crippen LogP contribution in [0.5, 0.6) is 0 Å². The van der Waals surface area contributed by atoms with Crippen LogP contribution in [-0.2, 0) is 9.53 Å². The molecule has 0 aromatic rings. The topological polar surface area (TPSA) is 50.4 Å². The van der Waals surface area contributed by atoms with Crippen LogP contribution in [0.2, 0.25) is 0 Å². The van der Waals surface area contributed by atoms with Crippen molar-refractivity contribution in [2.45, 2.75) is 63.3 Å². The Morgan fingerprint density at radius 2 is 2.17 bits per heavy atom. The fourth-order valence-electron chi connectivity index (χ4n) is 2.90. The van der Waals surface area contributed by atoms with E-state index in [0.29, 0.717) is 24.7 Å². The SMILES string of the molecule is C=CCCOC(C)C(=O)NC1CC2CCC(C1)N2. The molecule has 102 valence electrons. The number of nitrogens with one attached hydrogen (secondary N) is 2. The monoisotopic (exact) mass is 252 g/mol. The minimum atomic E-state index is -0.363. The zero-order valence-electron chi connectivity index (χ0n) is 11.2. The van der Waals surface area contributed by atoms with Crippen LogP contribution < -0.4 is 10.6 Å². The second kappa shape index (κ2) is 6.34. The Balaban J connectivity index is 1.71. The highest BCUT2D eigenvalue weighted by molar-refractivity contribution is 5.80. The Kier molecular flexibility index (Phi) is 4.78. The van der Waals surface area contributed by atoms with E-state index in [2.05, 4.69) is 17.2 Å². The number of rotatable bonds is 6. The lowest BCUT2D eigenvalue weighted by molar-refractivity contribution is -0.132. The molecule has 2 aliphatic heterocycles. The molecular weight excluding hydrogens is 228 g/mol. The predicted molar refractivity (Wildman–Crippen MR) is 71.3 cm³/mol. The van der Waals surface area contributed by atoms with E-state index in [0.717, 1.165) is 19.3 Å². The molecule has 0 saturated carbocycles. The number of carbonyl (C=O) groups is 1. The van der Waals surface area contributed by atoms with Crippen LogP contribution in [0.4, 0.5) is 0 Å². The first-order valence-corrected chi connectivity index (χ1v) is 6.98. The summed E-state index contributed by atoms with van der Waals surface area (Å²) < 4.78 is 5.46. The molecule has 2 aliphatic rings. The maximum absolute atomic E-state index is 12.0. The molecule has 1 amide bonds. The van der Waals surface area contributed by atoms with Gasteiger partial charge >= 0.3 is 0 Å². The Morgan fingerprint density at radius 1 is 1.50 bits per heavy atom. The van der Waals surface area contributed by atoms with Gasteiger partial charge in [0, 0.05) is 18.1 Å². The van der Waals surface area contributed by atoms with Gasteiger partial charge in [0.1, 0.15) is 6.10 Å². The van der Waals surface area contributed by atoms with Crippen molar-refractivity contribution in [2.75, 3.05) is 6.61 Å². The zero-order valence-corrected chi connectivity index (χ0v) is 11.2. The second-order valence-electron chi connectivity index (χ2n) is 5.41. The first-order valence-electron chi connectivity index (χ1n) is 6.98. The Hall–Kier alpha value is -0.870. The molecule has 3 unspecified atom stereocenters. The summed E-state index contributed by atoms with van der Waals surface area (Å²) in [5.74, 6) is 0.0189. The van der Waals surface area contributed by atoms with Gasteiger partial charge in [0.05, 0.1) is 6.61 Å². The largest absolute Gasteiger partial charge is 0.368 e. The molecule has 0 aromatic heterocycles. The standard InChI is InChI=1S/C14H24N2O2/c1-3-4-7-18-10(2)14(17)16-13-8-11-5-6-12(9-13)15-11/h3,10-13,15H,1,4-9H2,2H3,(H,16,17). The highest BCUT2D eigenvalue weighted by Crippen LogP contribution is 2.26. The first-order chi connectivity index (χ1) is 8.69. The van der Waals surface area contributed by atoms with Crippen LogP contribution in [0.3, 0.4) is 0 Å². The van der Waals surface area contributed by atoms with Gasteiger partial charge in [-0.05, 0) is 39.0 Å². The van der Waals surface area contributed by atoms with Crippen molar-refractivity contribution in [1.82, 2.24) is 10.6 Å². The molecule has 0 aliphatic carbocycles. The van der Waals surface area contributed by atoms with Gasteiger partial charge < -0.3 is 15.4 Å². The first kappa shape index (κ1) is 13.6. The van der Waals surface area contributed by atoms with Crippen molar-refractivity contribution in [1.29, 1.82) is 0 Å². The van der Waals surface area contributed by atoms with Crippen molar-refractivity contribution in [2.24, 2.45) is 0 Å². The summed E-state index contributed by atoms with van der Waals surface area (Å²) in [6, 6.07) is 1.53. The van der Waals surface area contributed by atoms with Gasteiger partial charge in [-0.1, -0.05) is 6.08 Å². The summed E-state index contributed by atoms with van der Waals surface area (Å²) in [4.78, 5) is 12.0. The molecule has 2 saturated heterocycles. The van der Waals surface area contributed by atoms with Crippen molar-refractivity contribution in [3.8, 4) is 0 Å². The number of hydrogen-bond acceptors (Lipinski definition) is 3. The van der Waals surface area contributed by atoms with Crippen LogP contribution in [0, 0.1) is 0 Å². The lowest BCUT2D eigenvalue weighted by Gasteiger charge is -2.30. The molecule has 2 fully saturated rings. The number of amides is 1. The van der Waals surface area contributed by atoms with Gasteiger partial charge in [-0.3, -0.25) is 4.79 Å². The van der Waals surface area contributed by atoms with Crippen molar-refractivity contribution >= 4 is 5.91 Å². The van der Waals surface area contributed by atoms with Crippen molar-refractivity contribution in [3.63, 3.8) is 0 Å². The van der Waals surface area contributed by atoms with Gasteiger partial charge in [0.15, 0.2) is 0 Å². The molecule has 0 radical (unpaired) electrons. The normalized spacial score (nSPS) is 31.9. The summed E-state index contributed by atoms with van der Waals surface area (Å²) >= 11 is 0. The van der Waals surface area contributed by atoms with E-state index in [-0.39, 0.29) is 12.0 Å². The van der Waals surface area contributed by atoms with E-state index in [9.17, 15) is 4.79 Å². The smallest absolute Gasteiger partial charge is 0.249 e. The zero-order chi connectivity index (χ0) is 13.0. The maximum atomic E-state index is 12.0. The lowest BCUT2D eigenvalue weighted by Crippen LogP contribution is -2.50. The van der Waals surface area contributed by atoms with E-state index in [4.69, 9.17) is 4.74 Å². The van der Waals surface area contributed by atoms with E-state index in [1.807, 2.05) is 6.92 Å². The average molecular weight is 252 g/mol. The van der Waals surface area contributed by atoms with Gasteiger partial charge in [-0.15, -0.1) is 6.58 Å². The molecule has 4 heteroatoms. The third-order valence-electron chi connectivity index (χ3n) is 3.88. The van der Waals surface area contributed by atoms with Crippen LogP contribution in [-0.4, -0.2) is 36.7 Å². The van der Waals surface area contributed by atoms with Gasteiger partial charge in [-0.2, -0.15) is 0 Å². The summed E-state index contributed by atoms with van der Waals surface area (Å²) in [5.41, 5.74) is 0. The number of fused-ring (bicyclic) bond motifs is 2. The number of hydrogen-bond donors (Lipinski definition) is 2. The molecular formula is C14H24N2O2. The van der Waals surface area contributed by atoms with Gasteiger partial charge in [0.2, 0.25) is 5.91 Å². The molecule has 2 heterocycles. The van der Waals surface area contributed by atoms with Crippen LogP contribution in [0.15, 0.2) is 12.7 Å². The Bertz CT molecular complexity index is 294. The summed E-state index contributed by atoms with van der Waals surface area (Å²) in [6.45, 7) is 6.01. The fraction of sp³-hybridized carbons (Fsp3) is 0.786. The van der Waals surface area contributed by atoms with Gasteiger partial charge in [-0.25, -0.2) is 0 Å². The molecule has 0 aromatic carbocycles. The van der Waals surface area contributed by atoms with E-state index < -0.39 is 0 Å². The molecule has 4 nitrogen and oxygen atoms in total. The Labute approximate surface area is 109 Å². The maximum Gasteiger partial charge on any atom is 0.249 e. The van der Waals surface area contributed by atoms with Crippen LogP contribution in [0.1, 0.15) is 39.0 Å². The predicted octanol–water partition coefficient (Wildman–Crippen LogP) is 1.37. The number of ether oxygens (including phenoxy) is 1. The van der Waals surface area contributed by atoms with E-state index >= 15 is 0 Å². The van der Waals surface area contributed by atoms with Crippen molar-refractivity contribution in [3.05, 3.63) is 12.7 Å². The van der Waals surface area contributed by atoms with E-state index in [1.165, 1.54) is 12.8 Å². The highest BCUT2D eigenvalue weighted by Gasteiger charge is 2.34.